The van der Waals surface area contributed by atoms with Crippen LogP contribution in [0.1, 0.15) is 17.8 Å². The fourth-order valence-electron chi connectivity index (χ4n) is 2.42. The van der Waals surface area contributed by atoms with Crippen LogP contribution in [0.2, 0.25) is 0 Å². The molecule has 0 spiro atoms. The molecule has 0 saturated carbocycles. The Kier molecular flexibility index (Phi) is 2.81. The third-order valence-electron chi connectivity index (χ3n) is 3.49. The lowest BCUT2D eigenvalue weighted by molar-refractivity contribution is -0.142. The number of aromatic nitrogens is 3. The molecule has 0 amide bonds. The van der Waals surface area contributed by atoms with Crippen LogP contribution < -0.4 is 0 Å². The lowest BCUT2D eigenvalue weighted by atomic mass is 9.98. The zero-order chi connectivity index (χ0) is 13.4. The van der Waals surface area contributed by atoms with E-state index in [0.717, 1.165) is 17.0 Å². The van der Waals surface area contributed by atoms with Gasteiger partial charge >= 0.3 is 5.97 Å². The van der Waals surface area contributed by atoms with Crippen LogP contribution in [-0.4, -0.2) is 25.8 Å². The van der Waals surface area contributed by atoms with Crippen LogP contribution in [0.3, 0.4) is 0 Å². The van der Waals surface area contributed by atoms with Crippen molar-refractivity contribution in [1.29, 1.82) is 0 Å². The molecule has 1 N–H and O–H groups in total. The molecule has 1 atom stereocenters. The number of carboxylic acids is 1. The molecule has 2 heterocycles. The Morgan fingerprint density at radius 2 is 2.32 bits per heavy atom. The highest BCUT2D eigenvalue weighted by Crippen LogP contribution is 2.23. The summed E-state index contributed by atoms with van der Waals surface area (Å²) in [6, 6.07) is 8.02. The van der Waals surface area contributed by atoms with Crippen molar-refractivity contribution < 1.29 is 9.90 Å². The van der Waals surface area contributed by atoms with E-state index in [9.17, 15) is 4.79 Å². The average Bonchev–Trinajstić information content (AvgIpc) is 2.81. The van der Waals surface area contributed by atoms with E-state index < -0.39 is 5.97 Å². The zero-order valence-electron chi connectivity index (χ0n) is 10.7. The first-order valence-corrected chi connectivity index (χ1v) is 6.37. The molecular weight excluding hydrogens is 242 g/mol. The lowest BCUT2D eigenvalue weighted by Crippen LogP contribution is -2.26. The van der Waals surface area contributed by atoms with Gasteiger partial charge in [0.05, 0.1) is 5.92 Å². The zero-order valence-corrected chi connectivity index (χ0v) is 10.7. The third-order valence-corrected chi connectivity index (χ3v) is 3.49. The first-order valence-electron chi connectivity index (χ1n) is 6.37. The molecule has 0 radical (unpaired) electrons. The van der Waals surface area contributed by atoms with Gasteiger partial charge in [-0.1, -0.05) is 23.8 Å². The molecule has 1 aliphatic rings. The van der Waals surface area contributed by atoms with Gasteiger partial charge in [0.15, 0.2) is 5.82 Å². The summed E-state index contributed by atoms with van der Waals surface area (Å²) in [7, 11) is 0. The second kappa shape index (κ2) is 4.50. The molecule has 2 aromatic rings. The van der Waals surface area contributed by atoms with Crippen molar-refractivity contribution in [2.45, 2.75) is 26.3 Å². The van der Waals surface area contributed by atoms with Gasteiger partial charge in [0, 0.05) is 18.5 Å². The predicted molar refractivity (Wildman–Crippen MR) is 69.6 cm³/mol. The maximum Gasteiger partial charge on any atom is 0.307 e. The monoisotopic (exact) mass is 257 g/mol. The van der Waals surface area contributed by atoms with Gasteiger partial charge in [-0.15, -0.1) is 0 Å². The quantitative estimate of drug-likeness (QED) is 0.892. The Bertz CT molecular complexity index is 633. The first kappa shape index (κ1) is 11.9. The fourth-order valence-corrected chi connectivity index (χ4v) is 2.42. The van der Waals surface area contributed by atoms with E-state index in [2.05, 4.69) is 10.1 Å². The van der Waals surface area contributed by atoms with E-state index >= 15 is 0 Å². The van der Waals surface area contributed by atoms with Crippen molar-refractivity contribution in [3.05, 3.63) is 35.7 Å². The van der Waals surface area contributed by atoms with E-state index in [0.29, 0.717) is 25.2 Å². The number of fused-ring (bicyclic) bond motifs is 1. The number of benzene rings is 1. The molecule has 0 saturated heterocycles. The minimum absolute atomic E-state index is 0.331. The molecule has 0 bridgehead atoms. The Balaban J connectivity index is 1.93. The minimum Gasteiger partial charge on any atom is -0.481 e. The fraction of sp³-hybridized carbons (Fsp3) is 0.357. The van der Waals surface area contributed by atoms with Gasteiger partial charge in [0.1, 0.15) is 5.82 Å². The first-order chi connectivity index (χ1) is 9.13. The smallest absolute Gasteiger partial charge is 0.307 e. The molecule has 3 rings (SSSR count). The second-order valence-electron chi connectivity index (χ2n) is 4.97. The molecule has 19 heavy (non-hydrogen) atoms. The van der Waals surface area contributed by atoms with Crippen LogP contribution in [0.25, 0.3) is 11.4 Å². The summed E-state index contributed by atoms with van der Waals surface area (Å²) in [4.78, 5) is 15.5. The van der Waals surface area contributed by atoms with Crippen molar-refractivity contribution in [3.8, 4) is 11.4 Å². The number of carboxylic acid groups (broad SMARTS) is 1. The van der Waals surface area contributed by atoms with Gasteiger partial charge in [-0.25, -0.2) is 9.67 Å². The largest absolute Gasteiger partial charge is 0.481 e. The Labute approximate surface area is 110 Å². The number of aliphatic carboxylic acids is 1. The van der Waals surface area contributed by atoms with Crippen molar-refractivity contribution in [3.63, 3.8) is 0 Å². The van der Waals surface area contributed by atoms with Gasteiger partial charge in [0.2, 0.25) is 0 Å². The summed E-state index contributed by atoms with van der Waals surface area (Å²) in [6.45, 7) is 2.66. The summed E-state index contributed by atoms with van der Waals surface area (Å²) < 4.78 is 1.83. The number of rotatable bonds is 2. The Hall–Kier alpha value is -2.17. The highest BCUT2D eigenvalue weighted by atomic mass is 16.4. The van der Waals surface area contributed by atoms with E-state index in [4.69, 9.17) is 5.11 Å². The second-order valence-corrected chi connectivity index (χ2v) is 4.97. The van der Waals surface area contributed by atoms with E-state index in [1.807, 2.05) is 35.9 Å². The van der Waals surface area contributed by atoms with Gasteiger partial charge in [-0.05, 0) is 19.4 Å². The topological polar surface area (TPSA) is 68.0 Å². The van der Waals surface area contributed by atoms with Gasteiger partial charge < -0.3 is 5.11 Å². The molecular formula is C14H15N3O2. The molecule has 5 nitrogen and oxygen atoms in total. The predicted octanol–water partition coefficient (Wildman–Crippen LogP) is 1.90. The summed E-state index contributed by atoms with van der Waals surface area (Å²) >= 11 is 0. The summed E-state index contributed by atoms with van der Waals surface area (Å²) in [5.74, 6) is 0.383. The molecule has 1 aliphatic heterocycles. The summed E-state index contributed by atoms with van der Waals surface area (Å²) in [5, 5.41) is 13.5. The number of aryl methyl sites for hydroxylation is 2. The van der Waals surface area contributed by atoms with E-state index in [1.54, 1.807) is 0 Å². The highest BCUT2D eigenvalue weighted by molar-refractivity contribution is 5.70. The number of nitrogens with zero attached hydrogens (tertiary/aromatic N) is 3. The van der Waals surface area contributed by atoms with Crippen molar-refractivity contribution >= 4 is 5.97 Å². The molecule has 98 valence electrons. The molecule has 0 fully saturated rings. The Morgan fingerprint density at radius 1 is 1.47 bits per heavy atom. The SMILES string of the molecule is Cc1cccc(-c2nc3n(n2)CCC(C(=O)O)C3)c1. The lowest BCUT2D eigenvalue weighted by Gasteiger charge is -2.17. The normalized spacial score (nSPS) is 18.1. The average molecular weight is 257 g/mol. The van der Waals surface area contributed by atoms with Crippen molar-refractivity contribution in [2.24, 2.45) is 5.92 Å². The number of hydrogen-bond acceptors (Lipinski definition) is 3. The van der Waals surface area contributed by atoms with Crippen LogP contribution in [0, 0.1) is 12.8 Å². The molecule has 5 heteroatoms. The Morgan fingerprint density at radius 3 is 3.05 bits per heavy atom. The maximum absolute atomic E-state index is 11.0. The summed E-state index contributed by atoms with van der Waals surface area (Å²) in [6.07, 6.45) is 1.09. The molecule has 1 aromatic carbocycles. The van der Waals surface area contributed by atoms with Gasteiger partial charge in [-0.3, -0.25) is 4.79 Å². The van der Waals surface area contributed by atoms with E-state index in [-0.39, 0.29) is 5.92 Å². The van der Waals surface area contributed by atoms with Crippen LogP contribution in [-0.2, 0) is 17.8 Å². The van der Waals surface area contributed by atoms with E-state index in [1.165, 1.54) is 0 Å². The van der Waals surface area contributed by atoms with Gasteiger partial charge in [-0.2, -0.15) is 5.10 Å². The maximum atomic E-state index is 11.0. The van der Waals surface area contributed by atoms with Crippen molar-refractivity contribution in [2.75, 3.05) is 0 Å². The van der Waals surface area contributed by atoms with Crippen LogP contribution >= 0.6 is 0 Å². The van der Waals surface area contributed by atoms with Crippen molar-refractivity contribution in [1.82, 2.24) is 14.8 Å². The van der Waals surface area contributed by atoms with Gasteiger partial charge in [0.25, 0.3) is 0 Å². The molecule has 1 aromatic heterocycles. The molecule has 0 aliphatic carbocycles. The third kappa shape index (κ3) is 2.23. The molecule has 1 unspecified atom stereocenters. The number of hydrogen-bond donors (Lipinski definition) is 1. The van der Waals surface area contributed by atoms with Crippen LogP contribution in [0.15, 0.2) is 24.3 Å². The van der Waals surface area contributed by atoms with Crippen LogP contribution in [0.4, 0.5) is 0 Å². The highest BCUT2D eigenvalue weighted by Gasteiger charge is 2.26. The minimum atomic E-state index is -0.744. The van der Waals surface area contributed by atoms with Crippen LogP contribution in [0.5, 0.6) is 0 Å². The standard InChI is InChI=1S/C14H15N3O2/c1-9-3-2-4-10(7-9)13-15-12-8-11(14(18)19)5-6-17(12)16-13/h2-4,7,11H,5-6,8H2,1H3,(H,18,19). The summed E-state index contributed by atoms with van der Waals surface area (Å²) in [5.41, 5.74) is 2.14. The number of carbonyl (C=O) groups is 1.